The maximum atomic E-state index is 4.54. The lowest BCUT2D eigenvalue weighted by Gasteiger charge is -2.10. The maximum Gasteiger partial charge on any atom is 0.229 e. The van der Waals surface area contributed by atoms with E-state index in [1.807, 2.05) is 13.0 Å². The molecule has 0 radical (unpaired) electrons. The molecule has 4 heteroatoms. The summed E-state index contributed by atoms with van der Waals surface area (Å²) in [5, 5.41) is 6.65. The molecular formula is C19H28N4. The molecule has 0 aliphatic heterocycles. The number of aryl methyl sites for hydroxylation is 2. The molecule has 4 nitrogen and oxygen atoms in total. The Hall–Kier alpha value is -2.10. The molecule has 0 saturated carbocycles. The van der Waals surface area contributed by atoms with Crippen molar-refractivity contribution in [2.24, 2.45) is 0 Å². The van der Waals surface area contributed by atoms with Gasteiger partial charge >= 0.3 is 0 Å². The predicted octanol–water partition coefficient (Wildman–Crippen LogP) is 5.08. The highest BCUT2D eigenvalue weighted by Gasteiger charge is 2.03. The number of anilines is 3. The van der Waals surface area contributed by atoms with Crippen LogP contribution in [0.25, 0.3) is 0 Å². The first-order chi connectivity index (χ1) is 11.2. The number of unbranched alkanes of at least 4 members (excludes halogenated alkanes) is 2. The Kier molecular flexibility index (Phi) is 6.85. The summed E-state index contributed by atoms with van der Waals surface area (Å²) < 4.78 is 0. The van der Waals surface area contributed by atoms with Gasteiger partial charge in [0, 0.05) is 24.0 Å². The molecule has 0 atom stereocenters. The molecule has 2 aromatic rings. The van der Waals surface area contributed by atoms with Gasteiger partial charge in [-0.1, -0.05) is 38.8 Å². The normalized spacial score (nSPS) is 10.6. The van der Waals surface area contributed by atoms with Crippen molar-refractivity contribution in [1.82, 2.24) is 9.97 Å². The Balaban J connectivity index is 2.01. The summed E-state index contributed by atoms with van der Waals surface area (Å²) in [5.41, 5.74) is 3.36. The van der Waals surface area contributed by atoms with E-state index < -0.39 is 0 Å². The molecule has 0 bridgehead atoms. The lowest BCUT2D eigenvalue weighted by atomic mass is 10.1. The highest BCUT2D eigenvalue weighted by molar-refractivity contribution is 5.55. The van der Waals surface area contributed by atoms with Gasteiger partial charge < -0.3 is 10.6 Å². The van der Waals surface area contributed by atoms with E-state index in [1.165, 1.54) is 24.8 Å². The quantitative estimate of drug-likeness (QED) is 0.634. The van der Waals surface area contributed by atoms with Crippen molar-refractivity contribution in [1.29, 1.82) is 0 Å². The summed E-state index contributed by atoms with van der Waals surface area (Å²) in [6.07, 6.45) is 5.92. The molecule has 0 spiro atoms. The monoisotopic (exact) mass is 312 g/mol. The average molecular weight is 312 g/mol. The molecule has 0 aliphatic carbocycles. The molecule has 0 unspecified atom stereocenters. The molecule has 0 fully saturated rings. The van der Waals surface area contributed by atoms with Gasteiger partial charge in [0.15, 0.2) is 0 Å². The molecule has 1 heterocycles. The average Bonchev–Trinajstić information content (AvgIpc) is 2.54. The van der Waals surface area contributed by atoms with E-state index in [9.17, 15) is 0 Å². The summed E-state index contributed by atoms with van der Waals surface area (Å²) in [6, 6.07) is 10.5. The fourth-order valence-electron chi connectivity index (χ4n) is 2.37. The van der Waals surface area contributed by atoms with Crippen molar-refractivity contribution in [2.75, 3.05) is 17.2 Å². The van der Waals surface area contributed by atoms with E-state index in [2.05, 4.69) is 58.7 Å². The largest absolute Gasteiger partial charge is 0.370 e. The Morgan fingerprint density at radius 2 is 1.70 bits per heavy atom. The molecular weight excluding hydrogens is 284 g/mol. The van der Waals surface area contributed by atoms with Gasteiger partial charge in [-0.15, -0.1) is 0 Å². The summed E-state index contributed by atoms with van der Waals surface area (Å²) in [7, 11) is 0. The van der Waals surface area contributed by atoms with E-state index in [4.69, 9.17) is 0 Å². The van der Waals surface area contributed by atoms with Gasteiger partial charge in [0.05, 0.1) is 0 Å². The van der Waals surface area contributed by atoms with E-state index in [-0.39, 0.29) is 0 Å². The van der Waals surface area contributed by atoms with Gasteiger partial charge in [0.2, 0.25) is 5.95 Å². The van der Waals surface area contributed by atoms with Crippen molar-refractivity contribution in [3.8, 4) is 0 Å². The zero-order valence-electron chi connectivity index (χ0n) is 14.5. The summed E-state index contributed by atoms with van der Waals surface area (Å²) in [6.45, 7) is 7.34. The minimum atomic E-state index is 0.644. The van der Waals surface area contributed by atoms with Crippen LogP contribution in [0, 0.1) is 6.92 Å². The molecule has 1 aromatic carbocycles. The maximum absolute atomic E-state index is 4.54. The van der Waals surface area contributed by atoms with Crippen molar-refractivity contribution in [3.63, 3.8) is 0 Å². The van der Waals surface area contributed by atoms with Crippen LogP contribution in [-0.4, -0.2) is 16.5 Å². The third kappa shape index (κ3) is 5.89. The molecule has 23 heavy (non-hydrogen) atoms. The van der Waals surface area contributed by atoms with Crippen LogP contribution in [0.3, 0.4) is 0 Å². The first kappa shape index (κ1) is 17.3. The van der Waals surface area contributed by atoms with Gasteiger partial charge in [-0.05, 0) is 43.9 Å². The van der Waals surface area contributed by atoms with Crippen LogP contribution in [0.5, 0.6) is 0 Å². The Morgan fingerprint density at radius 1 is 0.957 bits per heavy atom. The second kappa shape index (κ2) is 9.13. The van der Waals surface area contributed by atoms with Crippen LogP contribution >= 0.6 is 0 Å². The van der Waals surface area contributed by atoms with E-state index in [0.29, 0.717) is 5.95 Å². The van der Waals surface area contributed by atoms with Crippen LogP contribution < -0.4 is 10.6 Å². The molecule has 124 valence electrons. The Morgan fingerprint density at radius 3 is 2.39 bits per heavy atom. The van der Waals surface area contributed by atoms with E-state index in [0.717, 1.165) is 36.6 Å². The lowest BCUT2D eigenvalue weighted by molar-refractivity contribution is 0.795. The number of aromatic nitrogens is 2. The Bertz CT molecular complexity index is 593. The lowest BCUT2D eigenvalue weighted by Crippen LogP contribution is -2.06. The van der Waals surface area contributed by atoms with E-state index in [1.54, 1.807) is 0 Å². The molecule has 2 N–H and O–H groups in total. The van der Waals surface area contributed by atoms with Crippen LogP contribution in [0.2, 0.25) is 0 Å². The van der Waals surface area contributed by atoms with Gasteiger partial charge in [-0.2, -0.15) is 4.98 Å². The standard InChI is InChI=1S/C19H28N4/c1-4-6-8-16-9-11-17(12-10-16)22-19-21-15(3)14-18(23-19)20-13-7-5-2/h9-12,14H,4-8,13H2,1-3H3,(H2,20,21,22,23). The fourth-order valence-corrected chi connectivity index (χ4v) is 2.37. The van der Waals surface area contributed by atoms with Crippen LogP contribution in [0.1, 0.15) is 50.8 Å². The van der Waals surface area contributed by atoms with Crippen LogP contribution in [-0.2, 0) is 6.42 Å². The minimum Gasteiger partial charge on any atom is -0.370 e. The predicted molar refractivity (Wildman–Crippen MR) is 98.5 cm³/mol. The first-order valence-corrected chi connectivity index (χ1v) is 8.66. The topological polar surface area (TPSA) is 49.8 Å². The second-order valence-corrected chi connectivity index (χ2v) is 5.92. The third-order valence-corrected chi connectivity index (χ3v) is 3.72. The number of nitrogens with zero attached hydrogens (tertiary/aromatic N) is 2. The zero-order chi connectivity index (χ0) is 16.5. The minimum absolute atomic E-state index is 0.644. The van der Waals surface area contributed by atoms with E-state index >= 15 is 0 Å². The van der Waals surface area contributed by atoms with Crippen molar-refractivity contribution in [3.05, 3.63) is 41.6 Å². The van der Waals surface area contributed by atoms with Gasteiger partial charge in [0.1, 0.15) is 5.82 Å². The first-order valence-electron chi connectivity index (χ1n) is 8.66. The van der Waals surface area contributed by atoms with Crippen LogP contribution in [0.4, 0.5) is 17.5 Å². The summed E-state index contributed by atoms with van der Waals surface area (Å²) >= 11 is 0. The molecule has 0 amide bonds. The van der Waals surface area contributed by atoms with Crippen molar-refractivity contribution in [2.45, 2.75) is 52.9 Å². The summed E-state index contributed by atoms with van der Waals surface area (Å²) in [5.74, 6) is 1.53. The van der Waals surface area contributed by atoms with Gasteiger partial charge in [-0.3, -0.25) is 0 Å². The highest BCUT2D eigenvalue weighted by atomic mass is 15.1. The third-order valence-electron chi connectivity index (χ3n) is 3.72. The second-order valence-electron chi connectivity index (χ2n) is 5.92. The highest BCUT2D eigenvalue weighted by Crippen LogP contribution is 2.17. The fraction of sp³-hybridized carbons (Fsp3) is 0.474. The number of benzene rings is 1. The number of rotatable bonds is 9. The molecule has 1 aromatic heterocycles. The Labute approximate surface area is 139 Å². The summed E-state index contributed by atoms with van der Waals surface area (Å²) in [4.78, 5) is 9.01. The van der Waals surface area contributed by atoms with Crippen molar-refractivity contribution < 1.29 is 0 Å². The van der Waals surface area contributed by atoms with Crippen molar-refractivity contribution >= 4 is 17.5 Å². The molecule has 0 aliphatic rings. The van der Waals surface area contributed by atoms with Gasteiger partial charge in [0.25, 0.3) is 0 Å². The SMILES string of the molecule is CCCCNc1cc(C)nc(Nc2ccc(CCCC)cc2)n1. The number of nitrogens with one attached hydrogen (secondary N) is 2. The smallest absolute Gasteiger partial charge is 0.229 e. The molecule has 0 saturated heterocycles. The van der Waals surface area contributed by atoms with Gasteiger partial charge in [-0.25, -0.2) is 4.98 Å². The molecule has 2 rings (SSSR count). The van der Waals surface area contributed by atoms with Crippen LogP contribution in [0.15, 0.2) is 30.3 Å². The number of hydrogen-bond donors (Lipinski definition) is 2. The number of hydrogen-bond acceptors (Lipinski definition) is 4. The zero-order valence-corrected chi connectivity index (χ0v) is 14.5.